The minimum Gasteiger partial charge on any atom is -0.271 e. The summed E-state index contributed by atoms with van der Waals surface area (Å²) >= 11 is 0. The molecule has 14 heavy (non-hydrogen) atoms. The minimum atomic E-state index is -0.152. The summed E-state index contributed by atoms with van der Waals surface area (Å²) in [5.41, 5.74) is 5.41. The molecule has 2 aliphatic heterocycles. The van der Waals surface area contributed by atoms with Gasteiger partial charge in [-0.25, -0.2) is 10.9 Å². The van der Waals surface area contributed by atoms with Crippen LogP contribution in [0.3, 0.4) is 0 Å². The molecule has 0 aliphatic carbocycles. The van der Waals surface area contributed by atoms with Crippen LogP contribution < -0.4 is 10.9 Å². The Morgan fingerprint density at radius 1 is 0.929 bits per heavy atom. The highest BCUT2D eigenvalue weighted by molar-refractivity contribution is 5.77. The SMILES string of the molecule is O=C1CCNN1N=NN1NCCC1=O. The van der Waals surface area contributed by atoms with Crippen molar-refractivity contribution in [1.29, 1.82) is 0 Å². The maximum absolute atomic E-state index is 11.0. The molecule has 8 heteroatoms. The van der Waals surface area contributed by atoms with Crippen molar-refractivity contribution < 1.29 is 9.59 Å². The lowest BCUT2D eigenvalue weighted by Crippen LogP contribution is -2.32. The number of amides is 2. The van der Waals surface area contributed by atoms with E-state index in [0.29, 0.717) is 25.9 Å². The Labute approximate surface area is 79.8 Å². The summed E-state index contributed by atoms with van der Waals surface area (Å²) in [5, 5.41) is 9.22. The van der Waals surface area contributed by atoms with Gasteiger partial charge in [-0.15, -0.1) is 10.2 Å². The third-order valence-corrected chi connectivity index (χ3v) is 1.89. The van der Waals surface area contributed by atoms with Gasteiger partial charge in [0.05, 0.1) is 0 Å². The lowest BCUT2D eigenvalue weighted by atomic mass is 10.5. The van der Waals surface area contributed by atoms with Gasteiger partial charge >= 0.3 is 0 Å². The Balaban J connectivity index is 1.92. The zero-order chi connectivity index (χ0) is 9.97. The number of carbonyl (C=O) groups is 2. The van der Waals surface area contributed by atoms with E-state index >= 15 is 0 Å². The Morgan fingerprint density at radius 2 is 1.36 bits per heavy atom. The fraction of sp³-hybridized carbons (Fsp3) is 0.667. The summed E-state index contributed by atoms with van der Waals surface area (Å²) in [6.07, 6.45) is 0.806. The van der Waals surface area contributed by atoms with Gasteiger partial charge in [-0.2, -0.15) is 0 Å². The van der Waals surface area contributed by atoms with Crippen molar-refractivity contribution in [1.82, 2.24) is 21.1 Å². The first kappa shape index (κ1) is 9.03. The number of hydrogen-bond acceptors (Lipinski definition) is 6. The van der Waals surface area contributed by atoms with Gasteiger partial charge in [-0.3, -0.25) is 9.59 Å². The maximum Gasteiger partial charge on any atom is 0.260 e. The number of carbonyl (C=O) groups excluding carboxylic acids is 2. The van der Waals surface area contributed by atoms with E-state index < -0.39 is 0 Å². The summed E-state index contributed by atoms with van der Waals surface area (Å²) in [5.74, 6) is -0.305. The van der Waals surface area contributed by atoms with E-state index in [-0.39, 0.29) is 11.8 Å². The summed E-state index contributed by atoms with van der Waals surface area (Å²) < 4.78 is 0. The van der Waals surface area contributed by atoms with Gasteiger partial charge in [0.25, 0.3) is 11.8 Å². The Kier molecular flexibility index (Phi) is 2.37. The molecule has 8 nitrogen and oxygen atoms in total. The third kappa shape index (κ3) is 1.70. The number of hydrazine groups is 2. The molecule has 0 unspecified atom stereocenters. The van der Waals surface area contributed by atoms with Crippen molar-refractivity contribution in [3.05, 3.63) is 0 Å². The van der Waals surface area contributed by atoms with E-state index in [0.717, 1.165) is 10.2 Å². The van der Waals surface area contributed by atoms with Gasteiger partial charge in [0.2, 0.25) is 0 Å². The Hall–Kier alpha value is -1.54. The Morgan fingerprint density at radius 3 is 1.64 bits per heavy atom. The van der Waals surface area contributed by atoms with Crippen molar-refractivity contribution >= 4 is 11.8 Å². The van der Waals surface area contributed by atoms with Crippen LogP contribution in [0.4, 0.5) is 0 Å². The Bertz CT molecular complexity index is 262. The third-order valence-electron chi connectivity index (χ3n) is 1.89. The second-order valence-electron chi connectivity index (χ2n) is 2.91. The van der Waals surface area contributed by atoms with Crippen molar-refractivity contribution in [3.8, 4) is 0 Å². The molecular weight excluding hydrogens is 188 g/mol. The standard InChI is InChI=1S/C6H10N6O2/c13-5-1-3-7-11(5)9-10-12-6(14)2-4-8-12/h7-8H,1-4H2. The van der Waals surface area contributed by atoms with Crippen molar-refractivity contribution in [2.24, 2.45) is 10.4 Å². The number of rotatable bonds is 2. The van der Waals surface area contributed by atoms with Crippen LogP contribution >= 0.6 is 0 Å². The molecule has 2 heterocycles. The highest BCUT2D eigenvalue weighted by atomic mass is 16.2. The largest absolute Gasteiger partial charge is 0.271 e. The van der Waals surface area contributed by atoms with Gasteiger partial charge in [-0.05, 0) is 10.4 Å². The van der Waals surface area contributed by atoms with E-state index in [1.165, 1.54) is 0 Å². The molecule has 0 aromatic carbocycles. The van der Waals surface area contributed by atoms with Crippen LogP contribution in [0.5, 0.6) is 0 Å². The average molecular weight is 198 g/mol. The van der Waals surface area contributed by atoms with E-state index in [4.69, 9.17) is 0 Å². The molecule has 2 N–H and O–H groups in total. The van der Waals surface area contributed by atoms with Gasteiger partial charge in [0.1, 0.15) is 0 Å². The number of nitrogens with zero attached hydrogens (tertiary/aromatic N) is 4. The van der Waals surface area contributed by atoms with E-state index in [1.807, 2.05) is 0 Å². The monoisotopic (exact) mass is 198 g/mol. The zero-order valence-corrected chi connectivity index (χ0v) is 7.43. The average Bonchev–Trinajstić information content (AvgIpc) is 2.72. The predicted octanol–water partition coefficient (Wildman–Crippen LogP) is -1.26. The minimum absolute atomic E-state index is 0.152. The smallest absolute Gasteiger partial charge is 0.260 e. The molecule has 0 aromatic heterocycles. The van der Waals surface area contributed by atoms with E-state index in [9.17, 15) is 9.59 Å². The fourth-order valence-corrected chi connectivity index (χ4v) is 1.17. The molecule has 0 saturated carbocycles. The van der Waals surface area contributed by atoms with Crippen LogP contribution in [-0.2, 0) is 9.59 Å². The van der Waals surface area contributed by atoms with Crippen LogP contribution in [0.2, 0.25) is 0 Å². The second-order valence-corrected chi connectivity index (χ2v) is 2.91. The quantitative estimate of drug-likeness (QED) is 0.542. The molecule has 2 amide bonds. The van der Waals surface area contributed by atoms with Crippen molar-refractivity contribution in [3.63, 3.8) is 0 Å². The molecular formula is C6H10N6O2. The highest BCUT2D eigenvalue weighted by Crippen LogP contribution is 2.03. The van der Waals surface area contributed by atoms with Crippen LogP contribution in [0.25, 0.3) is 0 Å². The molecule has 0 radical (unpaired) electrons. The molecule has 2 aliphatic rings. The first-order valence-corrected chi connectivity index (χ1v) is 4.32. The molecule has 2 rings (SSSR count). The lowest BCUT2D eigenvalue weighted by molar-refractivity contribution is -0.134. The second kappa shape index (κ2) is 3.68. The molecule has 2 saturated heterocycles. The number of hydrogen-bond donors (Lipinski definition) is 2. The zero-order valence-electron chi connectivity index (χ0n) is 7.43. The molecule has 2 fully saturated rings. The fourth-order valence-electron chi connectivity index (χ4n) is 1.17. The topological polar surface area (TPSA) is 89.4 Å². The van der Waals surface area contributed by atoms with Gasteiger partial charge in [-0.1, -0.05) is 0 Å². The normalized spacial score (nSPS) is 23.1. The summed E-state index contributed by atoms with van der Waals surface area (Å²) in [6, 6.07) is 0. The summed E-state index contributed by atoms with van der Waals surface area (Å²) in [4.78, 5) is 22.1. The van der Waals surface area contributed by atoms with Crippen molar-refractivity contribution in [2.45, 2.75) is 12.8 Å². The molecule has 0 bridgehead atoms. The lowest BCUT2D eigenvalue weighted by Gasteiger charge is -2.09. The maximum atomic E-state index is 11.0. The van der Waals surface area contributed by atoms with Crippen LogP contribution in [0, 0.1) is 0 Å². The van der Waals surface area contributed by atoms with Gasteiger partial charge < -0.3 is 0 Å². The van der Waals surface area contributed by atoms with Crippen LogP contribution in [0.1, 0.15) is 12.8 Å². The van der Waals surface area contributed by atoms with Crippen molar-refractivity contribution in [2.75, 3.05) is 13.1 Å². The summed E-state index contributed by atoms with van der Waals surface area (Å²) in [7, 11) is 0. The molecule has 0 aromatic rings. The first-order valence-electron chi connectivity index (χ1n) is 4.32. The molecule has 0 atom stereocenters. The van der Waals surface area contributed by atoms with Crippen LogP contribution in [-0.4, -0.2) is 35.1 Å². The molecule has 76 valence electrons. The van der Waals surface area contributed by atoms with Gasteiger partial charge in [0, 0.05) is 25.9 Å². The highest BCUT2D eigenvalue weighted by Gasteiger charge is 2.22. The van der Waals surface area contributed by atoms with E-state index in [1.54, 1.807) is 0 Å². The first-order chi connectivity index (χ1) is 6.77. The van der Waals surface area contributed by atoms with Gasteiger partial charge in [0.15, 0.2) is 0 Å². The van der Waals surface area contributed by atoms with Crippen LogP contribution in [0.15, 0.2) is 10.4 Å². The number of nitrogens with one attached hydrogen (secondary N) is 2. The summed E-state index contributed by atoms with van der Waals surface area (Å²) in [6.45, 7) is 1.11. The van der Waals surface area contributed by atoms with E-state index in [2.05, 4.69) is 21.3 Å². The predicted molar refractivity (Wildman–Crippen MR) is 43.8 cm³/mol. The molecule has 0 spiro atoms.